The molecule has 108 valence electrons. The van der Waals surface area contributed by atoms with Crippen molar-refractivity contribution in [3.05, 3.63) is 24.2 Å². The van der Waals surface area contributed by atoms with Gasteiger partial charge >= 0.3 is 0 Å². The van der Waals surface area contributed by atoms with Gasteiger partial charge in [-0.3, -0.25) is 0 Å². The molecule has 0 radical (unpaired) electrons. The SMILES string of the molecule is CCNC(Cc1ccco1)C1(N(C)C)CCCCC1. The molecule has 1 heterocycles. The predicted octanol–water partition coefficient (Wildman–Crippen LogP) is 3.06. The lowest BCUT2D eigenvalue weighted by molar-refractivity contribution is 0.0555. The van der Waals surface area contributed by atoms with Crippen LogP contribution in [-0.4, -0.2) is 37.1 Å². The van der Waals surface area contributed by atoms with Crippen LogP contribution in [0.25, 0.3) is 0 Å². The Hall–Kier alpha value is -0.800. The van der Waals surface area contributed by atoms with Gasteiger partial charge in [0, 0.05) is 18.0 Å². The number of rotatable bonds is 6. The number of hydrogen-bond acceptors (Lipinski definition) is 3. The van der Waals surface area contributed by atoms with Gasteiger partial charge < -0.3 is 14.6 Å². The van der Waals surface area contributed by atoms with Crippen LogP contribution in [0, 0.1) is 0 Å². The Bertz CT molecular complexity index is 353. The molecule has 2 rings (SSSR count). The van der Waals surface area contributed by atoms with E-state index in [1.807, 2.05) is 6.07 Å². The van der Waals surface area contributed by atoms with Gasteiger partial charge in [0.25, 0.3) is 0 Å². The third-order valence-electron chi connectivity index (χ3n) is 4.69. The molecule has 1 N–H and O–H groups in total. The van der Waals surface area contributed by atoms with Gasteiger partial charge in [-0.25, -0.2) is 0 Å². The van der Waals surface area contributed by atoms with Crippen LogP contribution < -0.4 is 5.32 Å². The van der Waals surface area contributed by atoms with Crippen LogP contribution in [0.4, 0.5) is 0 Å². The molecule has 0 amide bonds. The summed E-state index contributed by atoms with van der Waals surface area (Å²) in [5.74, 6) is 1.10. The molecule has 1 aromatic heterocycles. The second-order valence-electron chi connectivity index (χ2n) is 5.95. The Kier molecular flexibility index (Phi) is 5.06. The van der Waals surface area contributed by atoms with E-state index in [-0.39, 0.29) is 5.54 Å². The summed E-state index contributed by atoms with van der Waals surface area (Å²) in [5.41, 5.74) is 0.279. The van der Waals surface area contributed by atoms with Crippen molar-refractivity contribution in [1.29, 1.82) is 0 Å². The van der Waals surface area contributed by atoms with Crippen molar-refractivity contribution in [2.24, 2.45) is 0 Å². The quantitative estimate of drug-likeness (QED) is 0.856. The molecular formula is C16H28N2O. The molecule has 1 atom stereocenters. The average molecular weight is 264 g/mol. The van der Waals surface area contributed by atoms with Crippen molar-refractivity contribution in [1.82, 2.24) is 10.2 Å². The van der Waals surface area contributed by atoms with E-state index in [0.29, 0.717) is 6.04 Å². The maximum atomic E-state index is 5.57. The van der Waals surface area contributed by atoms with Crippen LogP contribution in [-0.2, 0) is 6.42 Å². The van der Waals surface area contributed by atoms with Gasteiger partial charge in [0.1, 0.15) is 5.76 Å². The molecular weight excluding hydrogens is 236 g/mol. The Balaban J connectivity index is 2.18. The Labute approximate surface area is 117 Å². The summed E-state index contributed by atoms with van der Waals surface area (Å²) in [7, 11) is 4.47. The van der Waals surface area contributed by atoms with E-state index in [9.17, 15) is 0 Å². The minimum absolute atomic E-state index is 0.279. The standard InChI is InChI=1S/C16H28N2O/c1-4-17-15(13-14-9-8-12-19-14)16(18(2)3)10-6-5-7-11-16/h8-9,12,15,17H,4-7,10-11,13H2,1-3H3. The highest BCUT2D eigenvalue weighted by molar-refractivity contribution is 5.08. The lowest BCUT2D eigenvalue weighted by atomic mass is 9.74. The van der Waals surface area contributed by atoms with Crippen molar-refractivity contribution in [3.8, 4) is 0 Å². The topological polar surface area (TPSA) is 28.4 Å². The van der Waals surface area contributed by atoms with Gasteiger partial charge in [0.2, 0.25) is 0 Å². The summed E-state index contributed by atoms with van der Waals surface area (Å²) in [5, 5.41) is 3.71. The molecule has 3 heteroatoms. The van der Waals surface area contributed by atoms with Crippen LogP contribution in [0.15, 0.2) is 22.8 Å². The molecule has 1 saturated carbocycles. The third kappa shape index (κ3) is 3.21. The van der Waals surface area contributed by atoms with Crippen LogP contribution in [0.5, 0.6) is 0 Å². The average Bonchev–Trinajstić information content (AvgIpc) is 2.92. The summed E-state index contributed by atoms with van der Waals surface area (Å²) in [6.45, 7) is 3.21. The first-order chi connectivity index (χ1) is 9.19. The monoisotopic (exact) mass is 264 g/mol. The first-order valence-electron chi connectivity index (χ1n) is 7.62. The van der Waals surface area contributed by atoms with E-state index in [2.05, 4.69) is 37.3 Å². The van der Waals surface area contributed by atoms with Crippen molar-refractivity contribution >= 4 is 0 Å². The van der Waals surface area contributed by atoms with Gasteiger partial charge in [-0.1, -0.05) is 26.2 Å². The minimum atomic E-state index is 0.279. The van der Waals surface area contributed by atoms with Gasteiger partial charge in [-0.05, 0) is 45.6 Å². The summed E-state index contributed by atoms with van der Waals surface area (Å²) < 4.78 is 5.57. The highest BCUT2D eigenvalue weighted by Crippen LogP contribution is 2.36. The molecule has 1 unspecified atom stereocenters. The first-order valence-corrected chi connectivity index (χ1v) is 7.62. The summed E-state index contributed by atoms with van der Waals surface area (Å²) >= 11 is 0. The van der Waals surface area contributed by atoms with Gasteiger partial charge in [0.05, 0.1) is 6.26 Å². The van der Waals surface area contributed by atoms with E-state index >= 15 is 0 Å². The van der Waals surface area contributed by atoms with Gasteiger partial charge in [-0.2, -0.15) is 0 Å². The number of nitrogens with zero attached hydrogens (tertiary/aromatic N) is 1. The summed E-state index contributed by atoms with van der Waals surface area (Å²) in [6, 6.07) is 4.55. The minimum Gasteiger partial charge on any atom is -0.469 e. The summed E-state index contributed by atoms with van der Waals surface area (Å²) in [4.78, 5) is 2.45. The lowest BCUT2D eigenvalue weighted by Gasteiger charge is -2.48. The lowest BCUT2D eigenvalue weighted by Crippen LogP contribution is -2.60. The maximum Gasteiger partial charge on any atom is 0.105 e. The Morgan fingerprint density at radius 1 is 1.32 bits per heavy atom. The maximum absolute atomic E-state index is 5.57. The zero-order chi connectivity index (χ0) is 13.7. The molecule has 1 aromatic rings. The fraction of sp³-hybridized carbons (Fsp3) is 0.750. The highest BCUT2D eigenvalue weighted by Gasteiger charge is 2.41. The Morgan fingerprint density at radius 3 is 2.58 bits per heavy atom. The molecule has 0 saturated heterocycles. The molecule has 1 aliphatic carbocycles. The number of hydrogen-bond donors (Lipinski definition) is 1. The van der Waals surface area contributed by atoms with E-state index in [0.717, 1.165) is 18.7 Å². The van der Waals surface area contributed by atoms with Crippen LogP contribution in [0.1, 0.15) is 44.8 Å². The highest BCUT2D eigenvalue weighted by atomic mass is 16.3. The molecule has 0 aromatic carbocycles. The normalized spacial score (nSPS) is 20.6. The van der Waals surface area contributed by atoms with Crippen molar-refractivity contribution < 1.29 is 4.42 Å². The Morgan fingerprint density at radius 2 is 2.05 bits per heavy atom. The molecule has 1 aliphatic rings. The van der Waals surface area contributed by atoms with E-state index in [1.165, 1.54) is 32.1 Å². The van der Waals surface area contributed by atoms with Crippen molar-refractivity contribution in [3.63, 3.8) is 0 Å². The predicted molar refractivity (Wildman–Crippen MR) is 79.4 cm³/mol. The first kappa shape index (κ1) is 14.6. The second-order valence-corrected chi connectivity index (χ2v) is 5.95. The fourth-order valence-corrected chi connectivity index (χ4v) is 3.60. The smallest absolute Gasteiger partial charge is 0.105 e. The van der Waals surface area contributed by atoms with Gasteiger partial charge in [0.15, 0.2) is 0 Å². The van der Waals surface area contributed by atoms with Gasteiger partial charge in [-0.15, -0.1) is 0 Å². The molecule has 0 spiro atoms. The second kappa shape index (κ2) is 6.58. The van der Waals surface area contributed by atoms with E-state index < -0.39 is 0 Å². The molecule has 3 nitrogen and oxygen atoms in total. The van der Waals surface area contributed by atoms with Crippen LogP contribution >= 0.6 is 0 Å². The molecule has 0 aliphatic heterocycles. The molecule has 19 heavy (non-hydrogen) atoms. The van der Waals surface area contributed by atoms with E-state index in [1.54, 1.807) is 6.26 Å². The molecule has 0 bridgehead atoms. The van der Waals surface area contributed by atoms with Crippen molar-refractivity contribution in [2.45, 2.75) is 57.0 Å². The largest absolute Gasteiger partial charge is 0.469 e. The van der Waals surface area contributed by atoms with Crippen LogP contribution in [0.2, 0.25) is 0 Å². The zero-order valence-electron chi connectivity index (χ0n) is 12.6. The zero-order valence-corrected chi connectivity index (χ0v) is 12.6. The molecule has 1 fully saturated rings. The third-order valence-corrected chi connectivity index (χ3v) is 4.69. The summed E-state index contributed by atoms with van der Waals surface area (Å²) in [6.07, 6.45) is 9.42. The number of furan rings is 1. The van der Waals surface area contributed by atoms with E-state index in [4.69, 9.17) is 4.42 Å². The van der Waals surface area contributed by atoms with Crippen LogP contribution in [0.3, 0.4) is 0 Å². The number of nitrogens with one attached hydrogen (secondary N) is 1. The number of likely N-dealkylation sites (N-methyl/N-ethyl adjacent to an activating group) is 2. The fourth-order valence-electron chi connectivity index (χ4n) is 3.60. The van der Waals surface area contributed by atoms with Crippen molar-refractivity contribution in [2.75, 3.05) is 20.6 Å².